The summed E-state index contributed by atoms with van der Waals surface area (Å²) in [5.41, 5.74) is 8.32. The Morgan fingerprint density at radius 3 is 2.65 bits per heavy atom. The zero-order valence-corrected chi connectivity index (χ0v) is 14.6. The fourth-order valence-electron chi connectivity index (χ4n) is 3.13. The third-order valence-corrected chi connectivity index (χ3v) is 4.58. The lowest BCUT2D eigenvalue weighted by Gasteiger charge is -2.16. The Kier molecular flexibility index (Phi) is 5.02. The van der Waals surface area contributed by atoms with E-state index in [1.54, 1.807) is 48.2 Å². The quantitative estimate of drug-likeness (QED) is 0.867. The topological polar surface area (TPSA) is 92.5 Å². The first kappa shape index (κ1) is 17.7. The van der Waals surface area contributed by atoms with Crippen LogP contribution in [0.25, 0.3) is 0 Å². The maximum Gasteiger partial charge on any atom is 0.255 e. The highest BCUT2D eigenvalue weighted by Gasteiger charge is 2.20. The van der Waals surface area contributed by atoms with Crippen LogP contribution in [0.2, 0.25) is 0 Å². The molecule has 0 aromatic heterocycles. The molecular formula is C20H21N3O3. The molecule has 0 aliphatic carbocycles. The summed E-state index contributed by atoms with van der Waals surface area (Å²) in [4.78, 5) is 37.6. The summed E-state index contributed by atoms with van der Waals surface area (Å²) in [6.45, 7) is 3.01. The van der Waals surface area contributed by atoms with Crippen LogP contribution in [-0.2, 0) is 11.3 Å². The molecule has 2 aromatic rings. The van der Waals surface area contributed by atoms with Crippen LogP contribution < -0.4 is 11.1 Å². The van der Waals surface area contributed by atoms with Crippen LogP contribution in [0.1, 0.15) is 44.7 Å². The minimum Gasteiger partial charge on any atom is -0.366 e. The molecule has 3 amide bonds. The van der Waals surface area contributed by atoms with Gasteiger partial charge in [-0.3, -0.25) is 14.4 Å². The molecule has 0 spiro atoms. The highest BCUT2D eigenvalue weighted by Crippen LogP contribution is 2.20. The van der Waals surface area contributed by atoms with Gasteiger partial charge in [0.05, 0.1) is 0 Å². The molecule has 1 heterocycles. The maximum absolute atomic E-state index is 12.6. The van der Waals surface area contributed by atoms with Gasteiger partial charge in [-0.15, -0.1) is 0 Å². The maximum atomic E-state index is 12.6. The van der Waals surface area contributed by atoms with Crippen molar-refractivity contribution < 1.29 is 14.4 Å². The fraction of sp³-hybridized carbons (Fsp3) is 0.250. The van der Waals surface area contributed by atoms with Gasteiger partial charge in [-0.2, -0.15) is 0 Å². The third-order valence-electron chi connectivity index (χ3n) is 4.58. The van der Waals surface area contributed by atoms with E-state index >= 15 is 0 Å². The molecule has 134 valence electrons. The lowest BCUT2D eigenvalue weighted by Crippen LogP contribution is -2.24. The first-order valence-electron chi connectivity index (χ1n) is 8.53. The van der Waals surface area contributed by atoms with Crippen molar-refractivity contribution in [3.05, 3.63) is 64.7 Å². The molecule has 0 unspecified atom stereocenters. The Hall–Kier alpha value is -3.15. The number of nitrogens with one attached hydrogen (secondary N) is 1. The number of carbonyl (C=O) groups excluding carboxylic acids is 3. The number of nitrogens with zero attached hydrogens (tertiary/aromatic N) is 1. The highest BCUT2D eigenvalue weighted by molar-refractivity contribution is 6.06. The number of amides is 3. The average molecular weight is 351 g/mol. The molecule has 1 aliphatic heterocycles. The van der Waals surface area contributed by atoms with Crippen LogP contribution in [0, 0.1) is 6.92 Å². The SMILES string of the molecule is Cc1c(NC(=O)c2cccc(CN3CCCC3=O)c2)cccc1C(N)=O. The fourth-order valence-corrected chi connectivity index (χ4v) is 3.13. The molecule has 6 heteroatoms. The molecule has 0 radical (unpaired) electrons. The number of hydrogen-bond acceptors (Lipinski definition) is 3. The third kappa shape index (κ3) is 3.74. The van der Waals surface area contributed by atoms with Gasteiger partial charge in [0.25, 0.3) is 5.91 Å². The summed E-state index contributed by atoms with van der Waals surface area (Å²) in [6.07, 6.45) is 1.48. The van der Waals surface area contributed by atoms with E-state index in [-0.39, 0.29) is 11.8 Å². The van der Waals surface area contributed by atoms with E-state index in [0.717, 1.165) is 18.5 Å². The van der Waals surface area contributed by atoms with Gasteiger partial charge in [0.2, 0.25) is 11.8 Å². The van der Waals surface area contributed by atoms with Gasteiger partial charge in [0.1, 0.15) is 0 Å². The number of anilines is 1. The molecule has 1 fully saturated rings. The van der Waals surface area contributed by atoms with Crippen molar-refractivity contribution in [2.75, 3.05) is 11.9 Å². The van der Waals surface area contributed by atoms with Gasteiger partial charge in [-0.1, -0.05) is 18.2 Å². The summed E-state index contributed by atoms with van der Waals surface area (Å²) < 4.78 is 0. The molecule has 26 heavy (non-hydrogen) atoms. The number of nitrogens with two attached hydrogens (primary N) is 1. The molecular weight excluding hydrogens is 330 g/mol. The number of rotatable bonds is 5. The van der Waals surface area contributed by atoms with Crippen LogP contribution in [-0.4, -0.2) is 29.2 Å². The summed E-state index contributed by atoms with van der Waals surface area (Å²) in [7, 11) is 0. The summed E-state index contributed by atoms with van der Waals surface area (Å²) in [5, 5.41) is 2.82. The van der Waals surface area contributed by atoms with Crippen LogP contribution >= 0.6 is 0 Å². The van der Waals surface area contributed by atoms with Gasteiger partial charge in [0, 0.05) is 36.3 Å². The normalized spacial score (nSPS) is 13.7. The molecule has 6 nitrogen and oxygen atoms in total. The molecule has 1 saturated heterocycles. The molecule has 0 atom stereocenters. The van der Waals surface area contributed by atoms with Crippen molar-refractivity contribution in [3.8, 4) is 0 Å². The monoisotopic (exact) mass is 351 g/mol. The first-order chi connectivity index (χ1) is 12.5. The second-order valence-corrected chi connectivity index (χ2v) is 6.42. The first-order valence-corrected chi connectivity index (χ1v) is 8.53. The van der Waals surface area contributed by atoms with Crippen molar-refractivity contribution in [2.24, 2.45) is 5.73 Å². The van der Waals surface area contributed by atoms with Crippen LogP contribution in [0.5, 0.6) is 0 Å². The number of hydrogen-bond donors (Lipinski definition) is 2. The largest absolute Gasteiger partial charge is 0.366 e. The molecule has 2 aromatic carbocycles. The summed E-state index contributed by atoms with van der Waals surface area (Å²) in [6, 6.07) is 12.2. The van der Waals surface area contributed by atoms with Crippen LogP contribution in [0.4, 0.5) is 5.69 Å². The second kappa shape index (κ2) is 7.39. The zero-order chi connectivity index (χ0) is 18.7. The van der Waals surface area contributed by atoms with Crippen LogP contribution in [0.3, 0.4) is 0 Å². The Morgan fingerprint density at radius 1 is 1.19 bits per heavy atom. The minimum absolute atomic E-state index is 0.152. The van der Waals surface area contributed by atoms with Crippen molar-refractivity contribution in [2.45, 2.75) is 26.3 Å². The van der Waals surface area contributed by atoms with E-state index in [4.69, 9.17) is 5.73 Å². The van der Waals surface area contributed by atoms with Gasteiger partial charge < -0.3 is 16.0 Å². The van der Waals surface area contributed by atoms with Gasteiger partial charge in [-0.25, -0.2) is 0 Å². The van der Waals surface area contributed by atoms with Gasteiger partial charge in [0.15, 0.2) is 0 Å². The highest BCUT2D eigenvalue weighted by atomic mass is 16.2. The molecule has 0 bridgehead atoms. The predicted molar refractivity (Wildman–Crippen MR) is 98.7 cm³/mol. The number of carbonyl (C=O) groups is 3. The zero-order valence-electron chi connectivity index (χ0n) is 14.6. The molecule has 0 saturated carbocycles. The molecule has 1 aliphatic rings. The van der Waals surface area contributed by atoms with Crippen molar-refractivity contribution in [3.63, 3.8) is 0 Å². The van der Waals surface area contributed by atoms with Crippen LogP contribution in [0.15, 0.2) is 42.5 Å². The number of benzene rings is 2. The van der Waals surface area contributed by atoms with E-state index in [2.05, 4.69) is 5.32 Å². The van der Waals surface area contributed by atoms with E-state index in [0.29, 0.717) is 35.3 Å². The van der Waals surface area contributed by atoms with Crippen molar-refractivity contribution in [1.29, 1.82) is 0 Å². The summed E-state index contributed by atoms with van der Waals surface area (Å²) >= 11 is 0. The van der Waals surface area contributed by atoms with E-state index in [1.165, 1.54) is 0 Å². The Labute approximate surface area is 152 Å². The smallest absolute Gasteiger partial charge is 0.255 e. The Morgan fingerprint density at radius 2 is 1.96 bits per heavy atom. The lowest BCUT2D eigenvalue weighted by molar-refractivity contribution is -0.128. The van der Waals surface area contributed by atoms with E-state index < -0.39 is 5.91 Å². The minimum atomic E-state index is -0.532. The Balaban J connectivity index is 1.76. The lowest BCUT2D eigenvalue weighted by atomic mass is 10.1. The average Bonchev–Trinajstić information content (AvgIpc) is 3.01. The van der Waals surface area contributed by atoms with Crippen molar-refractivity contribution in [1.82, 2.24) is 4.90 Å². The molecule has 3 rings (SSSR count). The second-order valence-electron chi connectivity index (χ2n) is 6.42. The van der Waals surface area contributed by atoms with E-state index in [1.807, 2.05) is 6.07 Å². The number of primary amides is 1. The van der Waals surface area contributed by atoms with Gasteiger partial charge in [-0.05, 0) is 48.7 Å². The number of likely N-dealkylation sites (tertiary alicyclic amines) is 1. The Bertz CT molecular complexity index is 876. The predicted octanol–water partition coefficient (Wildman–Crippen LogP) is 2.47. The van der Waals surface area contributed by atoms with E-state index in [9.17, 15) is 14.4 Å². The summed E-state index contributed by atoms with van der Waals surface area (Å²) in [5.74, 6) is -0.654. The standard InChI is InChI=1S/C20H21N3O3/c1-13-16(19(21)25)7-3-8-17(13)22-20(26)15-6-2-5-14(11-15)12-23-10-4-9-18(23)24/h2-3,5-8,11H,4,9-10,12H2,1H3,(H2,21,25)(H,22,26). The molecule has 3 N–H and O–H groups in total. The van der Waals surface area contributed by atoms with Gasteiger partial charge >= 0.3 is 0 Å². The van der Waals surface area contributed by atoms with Crippen molar-refractivity contribution >= 4 is 23.4 Å².